The molecule has 1 unspecified atom stereocenters. The number of nitrogens with one attached hydrogen (secondary N) is 1. The van der Waals surface area contributed by atoms with E-state index in [4.69, 9.17) is 4.74 Å². The lowest BCUT2D eigenvalue weighted by atomic mass is 10.2. The van der Waals surface area contributed by atoms with E-state index in [2.05, 4.69) is 31.6 Å². The summed E-state index contributed by atoms with van der Waals surface area (Å²) in [5.41, 5.74) is 0.993. The van der Waals surface area contributed by atoms with Crippen molar-refractivity contribution in [1.29, 1.82) is 0 Å². The molecule has 0 amide bonds. The number of ether oxygens (including phenoxy) is 1. The molecule has 1 N–H and O–H groups in total. The first-order chi connectivity index (χ1) is 6.29. The van der Waals surface area contributed by atoms with E-state index in [0.717, 1.165) is 30.0 Å². The van der Waals surface area contributed by atoms with Crippen molar-refractivity contribution in [2.75, 3.05) is 19.7 Å². The largest absolute Gasteiger partial charge is 0.369 e. The monoisotopic (exact) mass is 246 g/mol. The van der Waals surface area contributed by atoms with E-state index in [1.54, 1.807) is 4.68 Å². The first-order valence-electron chi connectivity index (χ1n) is 4.16. The molecule has 0 saturated carbocycles. The average molecular weight is 247 g/mol. The van der Waals surface area contributed by atoms with Gasteiger partial charge in [-0.2, -0.15) is 0 Å². The molecule has 72 valence electrons. The van der Waals surface area contributed by atoms with Gasteiger partial charge in [-0.15, -0.1) is 5.10 Å². The average Bonchev–Trinajstić information content (AvgIpc) is 2.48. The summed E-state index contributed by atoms with van der Waals surface area (Å²) in [7, 11) is 1.87. The van der Waals surface area contributed by atoms with Crippen molar-refractivity contribution in [2.24, 2.45) is 7.05 Å². The van der Waals surface area contributed by atoms with Crippen molar-refractivity contribution in [1.82, 2.24) is 20.3 Å². The molecule has 1 fully saturated rings. The molecule has 2 rings (SSSR count). The van der Waals surface area contributed by atoms with Crippen LogP contribution in [0.1, 0.15) is 11.8 Å². The Hall–Kier alpha value is -0.460. The predicted molar refractivity (Wildman–Crippen MR) is 50.3 cm³/mol. The Kier molecular flexibility index (Phi) is 2.61. The third kappa shape index (κ3) is 1.74. The molecule has 1 aromatic rings. The SMILES string of the molecule is Cn1nnc(Br)c1C1CNCCO1. The van der Waals surface area contributed by atoms with Crippen molar-refractivity contribution in [3.63, 3.8) is 0 Å². The van der Waals surface area contributed by atoms with E-state index in [0.29, 0.717) is 0 Å². The van der Waals surface area contributed by atoms with Crippen LogP contribution in [-0.2, 0) is 11.8 Å². The van der Waals surface area contributed by atoms with E-state index < -0.39 is 0 Å². The van der Waals surface area contributed by atoms with E-state index in [-0.39, 0.29) is 6.10 Å². The van der Waals surface area contributed by atoms with Crippen LogP contribution in [-0.4, -0.2) is 34.7 Å². The quantitative estimate of drug-likeness (QED) is 0.772. The van der Waals surface area contributed by atoms with Crippen LogP contribution in [0, 0.1) is 0 Å². The van der Waals surface area contributed by atoms with Gasteiger partial charge >= 0.3 is 0 Å². The zero-order chi connectivity index (χ0) is 9.26. The van der Waals surface area contributed by atoms with Gasteiger partial charge in [0.25, 0.3) is 0 Å². The first kappa shape index (κ1) is 9.11. The fourth-order valence-electron chi connectivity index (χ4n) is 1.42. The Bertz CT molecular complexity index is 275. The number of aryl methyl sites for hydroxylation is 1. The van der Waals surface area contributed by atoms with Gasteiger partial charge in [-0.05, 0) is 15.9 Å². The Morgan fingerprint density at radius 1 is 1.69 bits per heavy atom. The van der Waals surface area contributed by atoms with E-state index >= 15 is 0 Å². The summed E-state index contributed by atoms with van der Waals surface area (Å²) in [6, 6.07) is 0. The minimum Gasteiger partial charge on any atom is -0.369 e. The first-order valence-corrected chi connectivity index (χ1v) is 4.95. The molecule has 0 spiro atoms. The van der Waals surface area contributed by atoms with Gasteiger partial charge in [0.15, 0.2) is 4.60 Å². The van der Waals surface area contributed by atoms with Gasteiger partial charge in [-0.3, -0.25) is 0 Å². The lowest BCUT2D eigenvalue weighted by Crippen LogP contribution is -2.34. The Morgan fingerprint density at radius 3 is 3.08 bits per heavy atom. The van der Waals surface area contributed by atoms with Crippen molar-refractivity contribution in [2.45, 2.75) is 6.10 Å². The number of hydrogen-bond donors (Lipinski definition) is 1. The summed E-state index contributed by atoms with van der Waals surface area (Å²) in [6.07, 6.45) is 0.0584. The summed E-state index contributed by atoms with van der Waals surface area (Å²) < 4.78 is 8.10. The van der Waals surface area contributed by atoms with Crippen LogP contribution in [0.3, 0.4) is 0 Å². The van der Waals surface area contributed by atoms with Crippen LogP contribution in [0.25, 0.3) is 0 Å². The van der Waals surface area contributed by atoms with Gasteiger partial charge in [0.1, 0.15) is 11.8 Å². The third-order valence-electron chi connectivity index (χ3n) is 2.06. The summed E-state index contributed by atoms with van der Waals surface area (Å²) in [4.78, 5) is 0. The summed E-state index contributed by atoms with van der Waals surface area (Å²) in [6.45, 7) is 2.47. The molecule has 1 aromatic heterocycles. The van der Waals surface area contributed by atoms with Gasteiger partial charge < -0.3 is 10.1 Å². The van der Waals surface area contributed by atoms with Crippen molar-refractivity contribution < 1.29 is 4.74 Å². The second kappa shape index (κ2) is 3.73. The maximum atomic E-state index is 5.59. The molecule has 1 aliphatic heterocycles. The molecule has 1 aliphatic rings. The highest BCUT2D eigenvalue weighted by Gasteiger charge is 2.22. The summed E-state index contributed by atoms with van der Waals surface area (Å²) >= 11 is 3.35. The molecule has 2 heterocycles. The number of morpholine rings is 1. The van der Waals surface area contributed by atoms with Gasteiger partial charge in [-0.1, -0.05) is 5.21 Å². The molecular weight excluding hydrogens is 236 g/mol. The second-order valence-electron chi connectivity index (χ2n) is 2.95. The number of halogens is 1. The van der Waals surface area contributed by atoms with Crippen LogP contribution in [0.15, 0.2) is 4.60 Å². The Morgan fingerprint density at radius 2 is 2.54 bits per heavy atom. The molecule has 1 saturated heterocycles. The molecule has 0 radical (unpaired) electrons. The summed E-state index contributed by atoms with van der Waals surface area (Å²) in [5, 5.41) is 11.1. The maximum Gasteiger partial charge on any atom is 0.154 e. The van der Waals surface area contributed by atoms with Crippen molar-refractivity contribution in [3.8, 4) is 0 Å². The zero-order valence-electron chi connectivity index (χ0n) is 7.33. The van der Waals surface area contributed by atoms with E-state index in [1.807, 2.05) is 7.05 Å². The standard InChI is InChI=1S/C7H11BrN4O/c1-12-6(7(8)10-11-12)5-4-9-2-3-13-5/h5,9H,2-4H2,1H3. The van der Waals surface area contributed by atoms with Gasteiger partial charge in [0.05, 0.1) is 6.61 Å². The number of hydrogen-bond acceptors (Lipinski definition) is 4. The van der Waals surface area contributed by atoms with Crippen molar-refractivity contribution >= 4 is 15.9 Å². The molecule has 0 aliphatic carbocycles. The highest BCUT2D eigenvalue weighted by molar-refractivity contribution is 9.10. The van der Waals surface area contributed by atoms with Crippen LogP contribution in [0.4, 0.5) is 0 Å². The van der Waals surface area contributed by atoms with E-state index in [9.17, 15) is 0 Å². The minimum atomic E-state index is 0.0584. The van der Waals surface area contributed by atoms with Gasteiger partial charge in [0.2, 0.25) is 0 Å². The summed E-state index contributed by atoms with van der Waals surface area (Å²) in [5.74, 6) is 0. The normalized spacial score (nSPS) is 23.4. The van der Waals surface area contributed by atoms with Gasteiger partial charge in [0, 0.05) is 20.1 Å². The fraction of sp³-hybridized carbons (Fsp3) is 0.714. The molecule has 5 nitrogen and oxygen atoms in total. The van der Waals surface area contributed by atoms with Crippen molar-refractivity contribution in [3.05, 3.63) is 10.3 Å². The zero-order valence-corrected chi connectivity index (χ0v) is 8.91. The Balaban J connectivity index is 2.22. The second-order valence-corrected chi connectivity index (χ2v) is 3.70. The third-order valence-corrected chi connectivity index (χ3v) is 2.62. The minimum absolute atomic E-state index is 0.0584. The molecular formula is C7H11BrN4O. The van der Waals surface area contributed by atoms with Crippen LogP contribution < -0.4 is 5.32 Å². The number of aromatic nitrogens is 3. The number of nitrogens with zero attached hydrogens (tertiary/aromatic N) is 3. The number of rotatable bonds is 1. The molecule has 1 atom stereocenters. The van der Waals surface area contributed by atoms with Gasteiger partial charge in [-0.25, -0.2) is 4.68 Å². The van der Waals surface area contributed by atoms with Crippen LogP contribution in [0.5, 0.6) is 0 Å². The van der Waals surface area contributed by atoms with E-state index in [1.165, 1.54) is 0 Å². The lowest BCUT2D eigenvalue weighted by molar-refractivity contribution is 0.0222. The smallest absolute Gasteiger partial charge is 0.154 e. The highest BCUT2D eigenvalue weighted by atomic mass is 79.9. The Labute approximate surface area is 84.6 Å². The highest BCUT2D eigenvalue weighted by Crippen LogP contribution is 2.23. The maximum absolute atomic E-state index is 5.59. The topological polar surface area (TPSA) is 52.0 Å². The molecule has 13 heavy (non-hydrogen) atoms. The molecule has 0 aromatic carbocycles. The fourth-order valence-corrected chi connectivity index (χ4v) is 2.00. The molecule has 0 bridgehead atoms. The molecule has 6 heteroatoms. The van der Waals surface area contributed by atoms with Crippen LogP contribution >= 0.6 is 15.9 Å². The van der Waals surface area contributed by atoms with Crippen LogP contribution in [0.2, 0.25) is 0 Å². The lowest BCUT2D eigenvalue weighted by Gasteiger charge is -2.23. The predicted octanol–water partition coefficient (Wildman–Crippen LogP) is 0.238.